The van der Waals surface area contributed by atoms with Crippen molar-refractivity contribution in [2.45, 2.75) is 46.2 Å². The maximum atomic E-state index is 12.1. The highest BCUT2D eigenvalue weighted by Gasteiger charge is 2.29. The molecule has 1 aliphatic heterocycles. The first-order valence-corrected chi connectivity index (χ1v) is 6.87. The van der Waals surface area contributed by atoms with Crippen LogP contribution in [0.1, 0.15) is 38.5 Å². The van der Waals surface area contributed by atoms with Gasteiger partial charge in [0.1, 0.15) is 0 Å². The first-order valence-electron chi connectivity index (χ1n) is 6.87. The van der Waals surface area contributed by atoms with Gasteiger partial charge < -0.3 is 9.73 Å². The quantitative estimate of drug-likeness (QED) is 0.884. The molecule has 0 radical (unpaired) electrons. The van der Waals surface area contributed by atoms with Gasteiger partial charge in [0.2, 0.25) is 17.7 Å². The van der Waals surface area contributed by atoms with E-state index in [-0.39, 0.29) is 11.9 Å². The average Bonchev–Trinajstić information content (AvgIpc) is 2.67. The van der Waals surface area contributed by atoms with E-state index in [9.17, 15) is 4.79 Å². The zero-order valence-corrected chi connectivity index (χ0v) is 11.8. The van der Waals surface area contributed by atoms with E-state index in [1.165, 1.54) is 0 Å². The minimum absolute atomic E-state index is 0.102. The molecule has 1 amide bonds. The molecule has 1 aromatic rings. The third-order valence-electron chi connectivity index (χ3n) is 3.27. The van der Waals surface area contributed by atoms with Gasteiger partial charge in [-0.15, -0.1) is 10.2 Å². The molecule has 1 saturated heterocycles. The van der Waals surface area contributed by atoms with Crippen molar-refractivity contribution in [2.24, 2.45) is 5.92 Å². The van der Waals surface area contributed by atoms with Crippen LogP contribution in [0.15, 0.2) is 4.42 Å². The zero-order valence-electron chi connectivity index (χ0n) is 11.8. The van der Waals surface area contributed by atoms with Gasteiger partial charge in [-0.25, -0.2) is 0 Å². The Morgan fingerprint density at radius 3 is 2.89 bits per heavy atom. The molecule has 0 saturated carbocycles. The maximum absolute atomic E-state index is 12.1. The summed E-state index contributed by atoms with van der Waals surface area (Å²) >= 11 is 0. The van der Waals surface area contributed by atoms with Gasteiger partial charge >= 0.3 is 0 Å². The van der Waals surface area contributed by atoms with Gasteiger partial charge in [-0.3, -0.25) is 9.69 Å². The van der Waals surface area contributed by atoms with Crippen molar-refractivity contribution in [1.29, 1.82) is 0 Å². The summed E-state index contributed by atoms with van der Waals surface area (Å²) in [4.78, 5) is 14.3. The summed E-state index contributed by atoms with van der Waals surface area (Å²) in [5.74, 6) is 1.74. The fourth-order valence-electron chi connectivity index (χ4n) is 2.40. The number of aryl methyl sites for hydroxylation is 1. The molecule has 0 spiro atoms. The molecule has 0 aliphatic carbocycles. The summed E-state index contributed by atoms with van der Waals surface area (Å²) in [6.45, 7) is 8.20. The number of hydrogen-bond acceptors (Lipinski definition) is 5. The molecule has 2 heterocycles. The second-order valence-corrected chi connectivity index (χ2v) is 5.48. The molecular weight excluding hydrogens is 244 g/mol. The normalized spacial score (nSPS) is 21.5. The monoisotopic (exact) mass is 266 g/mol. The summed E-state index contributed by atoms with van der Waals surface area (Å²) in [5.41, 5.74) is 0. The molecule has 19 heavy (non-hydrogen) atoms. The first-order chi connectivity index (χ1) is 9.06. The van der Waals surface area contributed by atoms with E-state index in [4.69, 9.17) is 4.42 Å². The smallest absolute Gasteiger partial charge is 0.237 e. The minimum Gasteiger partial charge on any atom is -0.424 e. The highest BCUT2D eigenvalue weighted by atomic mass is 16.4. The van der Waals surface area contributed by atoms with E-state index in [2.05, 4.69) is 34.3 Å². The van der Waals surface area contributed by atoms with E-state index >= 15 is 0 Å². The van der Waals surface area contributed by atoms with Crippen LogP contribution in [0.5, 0.6) is 0 Å². The number of nitrogens with one attached hydrogen (secondary N) is 1. The molecule has 6 heteroatoms. The van der Waals surface area contributed by atoms with Crippen LogP contribution in [-0.4, -0.2) is 40.1 Å². The lowest BCUT2D eigenvalue weighted by Crippen LogP contribution is -2.44. The van der Waals surface area contributed by atoms with Crippen LogP contribution in [0.25, 0.3) is 0 Å². The van der Waals surface area contributed by atoms with E-state index in [0.29, 0.717) is 24.2 Å². The molecule has 106 valence electrons. The zero-order chi connectivity index (χ0) is 13.8. The van der Waals surface area contributed by atoms with E-state index in [1.54, 1.807) is 6.92 Å². The SMILES string of the molecule is Cc1nnc(CN2CCCNC(=O)C2CC(C)C)o1. The van der Waals surface area contributed by atoms with Crippen LogP contribution in [0, 0.1) is 12.8 Å². The highest BCUT2D eigenvalue weighted by molar-refractivity contribution is 5.81. The van der Waals surface area contributed by atoms with Gasteiger partial charge in [0, 0.05) is 20.0 Å². The van der Waals surface area contributed by atoms with Crippen molar-refractivity contribution in [2.75, 3.05) is 13.1 Å². The molecule has 2 rings (SSSR count). The average molecular weight is 266 g/mol. The summed E-state index contributed by atoms with van der Waals surface area (Å²) in [7, 11) is 0. The number of amides is 1. The third kappa shape index (κ3) is 3.76. The van der Waals surface area contributed by atoms with Crippen LogP contribution < -0.4 is 5.32 Å². The van der Waals surface area contributed by atoms with Crippen LogP contribution in [0.4, 0.5) is 0 Å². The largest absolute Gasteiger partial charge is 0.424 e. The lowest BCUT2D eigenvalue weighted by molar-refractivity contribution is -0.126. The van der Waals surface area contributed by atoms with Crippen molar-refractivity contribution in [3.63, 3.8) is 0 Å². The van der Waals surface area contributed by atoms with E-state index in [1.807, 2.05) is 0 Å². The molecule has 1 atom stereocenters. The first kappa shape index (κ1) is 14.0. The van der Waals surface area contributed by atoms with Crippen molar-refractivity contribution >= 4 is 5.91 Å². The van der Waals surface area contributed by atoms with Gasteiger partial charge in [0.05, 0.1) is 12.6 Å². The molecule has 0 bridgehead atoms. The van der Waals surface area contributed by atoms with Gasteiger partial charge in [-0.05, 0) is 18.8 Å². The standard InChI is InChI=1S/C13H22N4O2/c1-9(2)7-11-13(18)14-5-4-6-17(11)8-12-16-15-10(3)19-12/h9,11H,4-8H2,1-3H3,(H,14,18). The predicted molar refractivity (Wildman–Crippen MR) is 70.3 cm³/mol. The number of rotatable bonds is 4. The maximum Gasteiger partial charge on any atom is 0.237 e. The Morgan fingerprint density at radius 2 is 2.26 bits per heavy atom. The van der Waals surface area contributed by atoms with Crippen LogP contribution >= 0.6 is 0 Å². The van der Waals surface area contributed by atoms with Crippen molar-refractivity contribution in [3.8, 4) is 0 Å². The van der Waals surface area contributed by atoms with E-state index in [0.717, 1.165) is 25.9 Å². The molecule has 0 aromatic carbocycles. The molecule has 1 aliphatic rings. The topological polar surface area (TPSA) is 71.3 Å². The summed E-state index contributed by atoms with van der Waals surface area (Å²) < 4.78 is 5.42. The second kappa shape index (κ2) is 6.14. The summed E-state index contributed by atoms with van der Waals surface area (Å²) in [6.07, 6.45) is 1.80. The number of carbonyl (C=O) groups is 1. The van der Waals surface area contributed by atoms with Gasteiger partial charge in [0.15, 0.2) is 0 Å². The van der Waals surface area contributed by atoms with E-state index < -0.39 is 0 Å². The van der Waals surface area contributed by atoms with Crippen molar-refractivity contribution in [1.82, 2.24) is 20.4 Å². The van der Waals surface area contributed by atoms with Crippen LogP contribution in [0.3, 0.4) is 0 Å². The Morgan fingerprint density at radius 1 is 1.47 bits per heavy atom. The third-order valence-corrected chi connectivity index (χ3v) is 3.27. The molecule has 1 N–H and O–H groups in total. The van der Waals surface area contributed by atoms with Crippen LogP contribution in [0.2, 0.25) is 0 Å². The lowest BCUT2D eigenvalue weighted by atomic mass is 10.0. The Labute approximate surface area is 113 Å². The molecule has 1 unspecified atom stereocenters. The van der Waals surface area contributed by atoms with Gasteiger partial charge in [-0.1, -0.05) is 13.8 Å². The Kier molecular flexibility index (Phi) is 4.52. The molecule has 1 aromatic heterocycles. The molecule has 6 nitrogen and oxygen atoms in total. The van der Waals surface area contributed by atoms with Crippen LogP contribution in [-0.2, 0) is 11.3 Å². The highest BCUT2D eigenvalue weighted by Crippen LogP contribution is 2.17. The number of carbonyl (C=O) groups excluding carboxylic acids is 1. The fourth-order valence-corrected chi connectivity index (χ4v) is 2.40. The summed E-state index contributed by atoms with van der Waals surface area (Å²) in [5, 5.41) is 10.8. The fraction of sp³-hybridized carbons (Fsp3) is 0.769. The lowest BCUT2D eigenvalue weighted by Gasteiger charge is -2.28. The van der Waals surface area contributed by atoms with Crippen molar-refractivity contribution in [3.05, 3.63) is 11.8 Å². The van der Waals surface area contributed by atoms with Crippen molar-refractivity contribution < 1.29 is 9.21 Å². The number of nitrogens with zero attached hydrogens (tertiary/aromatic N) is 3. The van der Waals surface area contributed by atoms with Gasteiger partial charge in [0.25, 0.3) is 0 Å². The Bertz CT molecular complexity index is 430. The molecule has 1 fully saturated rings. The van der Waals surface area contributed by atoms with Gasteiger partial charge in [-0.2, -0.15) is 0 Å². The predicted octanol–water partition coefficient (Wildman–Crippen LogP) is 1.11. The number of hydrogen-bond donors (Lipinski definition) is 1. The Hall–Kier alpha value is -1.43. The Balaban J connectivity index is 2.10. The number of aromatic nitrogens is 2. The second-order valence-electron chi connectivity index (χ2n) is 5.48. The summed E-state index contributed by atoms with van der Waals surface area (Å²) in [6, 6.07) is -0.102. The molecular formula is C13H22N4O2. The minimum atomic E-state index is -0.102.